The molecule has 0 saturated carbocycles. The molecule has 2 aliphatic rings. The standard InChI is InChI=1S/C20H24O/c1-11(2)15-10-13-7-6-12(3)14-8-9-16-18(17(13)14)19(15)21-20(16,4)5/h6-7,10-11,16H,8-9H2,1-5H3/t16-/m0/s1. The molecule has 1 heterocycles. The molecule has 110 valence electrons. The lowest BCUT2D eigenvalue weighted by Crippen LogP contribution is -2.31. The molecule has 1 aliphatic heterocycles. The van der Waals surface area contributed by atoms with Crippen LogP contribution in [0.4, 0.5) is 0 Å². The predicted molar refractivity (Wildman–Crippen MR) is 88.5 cm³/mol. The second-order valence-corrected chi connectivity index (χ2v) is 7.62. The number of benzene rings is 2. The van der Waals surface area contributed by atoms with Crippen LogP contribution >= 0.6 is 0 Å². The van der Waals surface area contributed by atoms with E-state index >= 15 is 0 Å². The minimum Gasteiger partial charge on any atom is -0.487 e. The molecule has 1 aliphatic carbocycles. The summed E-state index contributed by atoms with van der Waals surface area (Å²) in [4.78, 5) is 0. The molecule has 21 heavy (non-hydrogen) atoms. The Labute approximate surface area is 127 Å². The molecule has 0 amide bonds. The van der Waals surface area contributed by atoms with Crippen molar-refractivity contribution in [3.8, 4) is 5.75 Å². The number of hydrogen-bond acceptors (Lipinski definition) is 1. The Kier molecular flexibility index (Phi) is 2.53. The van der Waals surface area contributed by atoms with E-state index in [1.54, 1.807) is 5.56 Å². The Hall–Kier alpha value is -1.50. The third-order valence-electron chi connectivity index (χ3n) is 5.52. The molecular formula is C20H24O. The molecule has 2 aromatic carbocycles. The van der Waals surface area contributed by atoms with Crippen LogP contribution in [-0.4, -0.2) is 5.60 Å². The highest BCUT2D eigenvalue weighted by molar-refractivity contribution is 5.95. The van der Waals surface area contributed by atoms with Gasteiger partial charge in [0.1, 0.15) is 11.4 Å². The quantitative estimate of drug-likeness (QED) is 0.672. The van der Waals surface area contributed by atoms with Crippen LogP contribution in [-0.2, 0) is 6.42 Å². The van der Waals surface area contributed by atoms with E-state index in [0.29, 0.717) is 11.8 Å². The smallest absolute Gasteiger partial charge is 0.127 e. The monoisotopic (exact) mass is 280 g/mol. The molecule has 0 radical (unpaired) electrons. The number of hydrogen-bond donors (Lipinski definition) is 0. The Balaban J connectivity index is 2.16. The molecule has 0 fully saturated rings. The fraction of sp³-hybridized carbons (Fsp3) is 0.500. The molecule has 0 saturated heterocycles. The van der Waals surface area contributed by atoms with Gasteiger partial charge in [-0.2, -0.15) is 0 Å². The van der Waals surface area contributed by atoms with E-state index < -0.39 is 0 Å². The van der Waals surface area contributed by atoms with Crippen LogP contribution in [0.1, 0.15) is 68.2 Å². The first-order valence-corrected chi connectivity index (χ1v) is 8.18. The van der Waals surface area contributed by atoms with Crippen LogP contribution in [0.25, 0.3) is 10.8 Å². The summed E-state index contributed by atoms with van der Waals surface area (Å²) in [6.07, 6.45) is 2.41. The summed E-state index contributed by atoms with van der Waals surface area (Å²) in [6, 6.07) is 6.95. The Morgan fingerprint density at radius 2 is 2.00 bits per heavy atom. The zero-order valence-electron chi connectivity index (χ0n) is 13.7. The van der Waals surface area contributed by atoms with Crippen molar-refractivity contribution in [2.75, 3.05) is 0 Å². The average Bonchev–Trinajstić information content (AvgIpc) is 2.70. The topological polar surface area (TPSA) is 9.23 Å². The SMILES string of the molecule is Cc1ccc2cc(C(C)C)c3c4c2c1CC[C@@H]4C(C)(C)O3. The summed E-state index contributed by atoms with van der Waals surface area (Å²) >= 11 is 0. The fourth-order valence-electron chi connectivity index (χ4n) is 4.37. The van der Waals surface area contributed by atoms with E-state index in [9.17, 15) is 0 Å². The second kappa shape index (κ2) is 4.03. The van der Waals surface area contributed by atoms with Crippen LogP contribution in [0.3, 0.4) is 0 Å². The van der Waals surface area contributed by atoms with Gasteiger partial charge in [0, 0.05) is 11.5 Å². The highest BCUT2D eigenvalue weighted by Gasteiger charge is 2.45. The van der Waals surface area contributed by atoms with Gasteiger partial charge in [-0.15, -0.1) is 0 Å². The molecular weight excluding hydrogens is 256 g/mol. The third kappa shape index (κ3) is 1.64. The first-order valence-electron chi connectivity index (χ1n) is 8.18. The summed E-state index contributed by atoms with van der Waals surface area (Å²) in [5.74, 6) is 2.24. The first-order chi connectivity index (χ1) is 9.90. The zero-order valence-corrected chi connectivity index (χ0v) is 13.7. The van der Waals surface area contributed by atoms with Crippen molar-refractivity contribution in [1.29, 1.82) is 0 Å². The molecule has 2 aromatic rings. The van der Waals surface area contributed by atoms with Crippen molar-refractivity contribution in [3.63, 3.8) is 0 Å². The van der Waals surface area contributed by atoms with Crippen molar-refractivity contribution >= 4 is 10.8 Å². The Morgan fingerprint density at radius 1 is 1.24 bits per heavy atom. The number of rotatable bonds is 1. The molecule has 0 N–H and O–H groups in total. The highest BCUT2D eigenvalue weighted by atomic mass is 16.5. The maximum atomic E-state index is 6.47. The van der Waals surface area contributed by atoms with Gasteiger partial charge >= 0.3 is 0 Å². The highest BCUT2D eigenvalue weighted by Crippen LogP contribution is 2.55. The van der Waals surface area contributed by atoms with Crippen LogP contribution in [0.5, 0.6) is 5.75 Å². The van der Waals surface area contributed by atoms with Gasteiger partial charge in [-0.3, -0.25) is 0 Å². The van der Waals surface area contributed by atoms with E-state index in [2.05, 4.69) is 52.8 Å². The van der Waals surface area contributed by atoms with E-state index in [-0.39, 0.29) is 5.60 Å². The molecule has 0 spiro atoms. The van der Waals surface area contributed by atoms with Crippen molar-refractivity contribution < 1.29 is 4.74 Å². The van der Waals surface area contributed by atoms with Gasteiger partial charge in [-0.05, 0) is 73.1 Å². The predicted octanol–water partition coefficient (Wildman–Crippen LogP) is 5.47. The maximum Gasteiger partial charge on any atom is 0.127 e. The third-order valence-corrected chi connectivity index (χ3v) is 5.52. The van der Waals surface area contributed by atoms with E-state index in [0.717, 1.165) is 0 Å². The van der Waals surface area contributed by atoms with Crippen molar-refractivity contribution in [3.05, 3.63) is 40.5 Å². The van der Waals surface area contributed by atoms with Gasteiger partial charge in [0.15, 0.2) is 0 Å². The van der Waals surface area contributed by atoms with Crippen molar-refractivity contribution in [2.24, 2.45) is 0 Å². The summed E-state index contributed by atoms with van der Waals surface area (Å²) in [7, 11) is 0. The molecule has 0 bridgehead atoms. The molecule has 1 atom stereocenters. The summed E-state index contributed by atoms with van der Waals surface area (Å²) < 4.78 is 6.47. The van der Waals surface area contributed by atoms with Gasteiger partial charge in [0.25, 0.3) is 0 Å². The largest absolute Gasteiger partial charge is 0.487 e. The molecule has 4 rings (SSSR count). The van der Waals surface area contributed by atoms with Crippen LogP contribution < -0.4 is 4.74 Å². The van der Waals surface area contributed by atoms with E-state index in [1.807, 2.05) is 0 Å². The maximum absolute atomic E-state index is 6.47. The minimum atomic E-state index is -0.0678. The normalized spacial score (nSPS) is 21.9. The molecule has 0 aromatic heterocycles. The lowest BCUT2D eigenvalue weighted by Gasteiger charge is -2.30. The van der Waals surface area contributed by atoms with Crippen LogP contribution in [0.2, 0.25) is 0 Å². The molecule has 1 nitrogen and oxygen atoms in total. The van der Waals surface area contributed by atoms with Crippen molar-refractivity contribution in [1.82, 2.24) is 0 Å². The summed E-state index contributed by atoms with van der Waals surface area (Å²) in [5, 5.41) is 2.90. The number of ether oxygens (including phenoxy) is 1. The van der Waals surface area contributed by atoms with Gasteiger partial charge in [-0.1, -0.05) is 26.0 Å². The molecule has 0 unspecified atom stereocenters. The zero-order chi connectivity index (χ0) is 14.9. The van der Waals surface area contributed by atoms with E-state index in [4.69, 9.17) is 4.74 Å². The Morgan fingerprint density at radius 3 is 2.71 bits per heavy atom. The van der Waals surface area contributed by atoms with Gasteiger partial charge in [0.2, 0.25) is 0 Å². The lowest BCUT2D eigenvalue weighted by molar-refractivity contribution is 0.105. The van der Waals surface area contributed by atoms with Crippen LogP contribution in [0.15, 0.2) is 18.2 Å². The lowest BCUT2D eigenvalue weighted by atomic mass is 9.74. The van der Waals surface area contributed by atoms with Gasteiger partial charge < -0.3 is 4.74 Å². The summed E-state index contributed by atoms with van der Waals surface area (Å²) in [5.41, 5.74) is 5.81. The Bertz CT molecular complexity index is 752. The van der Waals surface area contributed by atoms with Gasteiger partial charge in [0.05, 0.1) is 0 Å². The summed E-state index contributed by atoms with van der Waals surface area (Å²) in [6.45, 7) is 11.3. The van der Waals surface area contributed by atoms with Crippen molar-refractivity contribution in [2.45, 2.75) is 64.9 Å². The molecule has 1 heteroatoms. The van der Waals surface area contributed by atoms with Gasteiger partial charge in [-0.25, -0.2) is 0 Å². The average molecular weight is 280 g/mol. The second-order valence-electron chi connectivity index (χ2n) is 7.62. The first kappa shape index (κ1) is 13.2. The minimum absolute atomic E-state index is 0.0678. The van der Waals surface area contributed by atoms with Crippen LogP contribution in [0, 0.1) is 6.92 Å². The van der Waals surface area contributed by atoms with E-state index in [1.165, 1.54) is 46.1 Å². The fourth-order valence-corrected chi connectivity index (χ4v) is 4.37. The number of aryl methyl sites for hydroxylation is 2.